The zero-order valence-electron chi connectivity index (χ0n) is 14.4. The number of nitrogens with zero attached hydrogens (tertiary/aromatic N) is 4. The van der Waals surface area contributed by atoms with Crippen molar-refractivity contribution < 1.29 is 4.79 Å². The average Bonchev–Trinajstić information content (AvgIpc) is 3.14. The van der Waals surface area contributed by atoms with Gasteiger partial charge in [-0.05, 0) is 43.5 Å². The number of carbonyl (C=O) groups is 1. The molecule has 2 aliphatic rings. The number of aromatic nitrogens is 2. The van der Waals surface area contributed by atoms with Crippen molar-refractivity contribution in [3.05, 3.63) is 52.8 Å². The van der Waals surface area contributed by atoms with Crippen LogP contribution >= 0.6 is 0 Å². The molecule has 1 aliphatic carbocycles. The van der Waals surface area contributed by atoms with E-state index in [4.69, 9.17) is 0 Å². The van der Waals surface area contributed by atoms with Gasteiger partial charge in [0, 0.05) is 32.7 Å². The van der Waals surface area contributed by atoms with Gasteiger partial charge in [-0.2, -0.15) is 5.10 Å². The second-order valence-corrected chi connectivity index (χ2v) is 7.08. The number of rotatable bonds is 2. The minimum absolute atomic E-state index is 0.0380. The average molecular weight is 324 g/mol. The Labute approximate surface area is 142 Å². The molecule has 0 spiro atoms. The van der Waals surface area contributed by atoms with Gasteiger partial charge >= 0.3 is 0 Å². The maximum atomic E-state index is 12.9. The van der Waals surface area contributed by atoms with Crippen LogP contribution in [0.3, 0.4) is 0 Å². The highest BCUT2D eigenvalue weighted by Crippen LogP contribution is 2.25. The Kier molecular flexibility index (Phi) is 3.88. The Morgan fingerprint density at radius 2 is 1.92 bits per heavy atom. The Balaban J connectivity index is 1.51. The summed E-state index contributed by atoms with van der Waals surface area (Å²) in [6.07, 6.45) is 2.95. The van der Waals surface area contributed by atoms with E-state index >= 15 is 0 Å². The summed E-state index contributed by atoms with van der Waals surface area (Å²) in [7, 11) is 4.03. The quantitative estimate of drug-likeness (QED) is 0.848. The third-order valence-corrected chi connectivity index (χ3v) is 5.32. The van der Waals surface area contributed by atoms with Crippen LogP contribution in [0.1, 0.15) is 33.7 Å². The fourth-order valence-electron chi connectivity index (χ4n) is 3.88. The number of carbonyl (C=O) groups excluding carboxylic acids is 1. The minimum atomic E-state index is 0.0380. The van der Waals surface area contributed by atoms with Gasteiger partial charge in [-0.15, -0.1) is 0 Å². The maximum absolute atomic E-state index is 12.9. The van der Waals surface area contributed by atoms with Crippen LogP contribution in [0.4, 0.5) is 0 Å². The van der Waals surface area contributed by atoms with Gasteiger partial charge in [-0.1, -0.05) is 24.3 Å². The molecule has 0 bridgehead atoms. The second-order valence-electron chi connectivity index (χ2n) is 7.08. The molecule has 24 heavy (non-hydrogen) atoms. The number of amides is 1. The first-order valence-corrected chi connectivity index (χ1v) is 8.71. The molecule has 0 N–H and O–H groups in total. The molecular formula is C19H24N4O. The summed E-state index contributed by atoms with van der Waals surface area (Å²) in [6, 6.07) is 10.7. The number of aryl methyl sites for hydroxylation is 1. The van der Waals surface area contributed by atoms with Crippen molar-refractivity contribution in [2.75, 3.05) is 20.6 Å². The van der Waals surface area contributed by atoms with Crippen molar-refractivity contribution in [3.8, 4) is 0 Å². The molecule has 5 heteroatoms. The van der Waals surface area contributed by atoms with E-state index in [1.807, 2.05) is 22.7 Å². The number of likely N-dealkylation sites (N-methyl/N-ethyl adjacent to an activating group) is 1. The van der Waals surface area contributed by atoms with Crippen LogP contribution in [-0.4, -0.2) is 52.2 Å². The van der Waals surface area contributed by atoms with Crippen LogP contribution in [0.25, 0.3) is 0 Å². The molecule has 0 saturated heterocycles. The molecule has 2 aromatic rings. The van der Waals surface area contributed by atoms with Crippen molar-refractivity contribution in [1.29, 1.82) is 0 Å². The van der Waals surface area contributed by atoms with Gasteiger partial charge in [0.1, 0.15) is 0 Å². The van der Waals surface area contributed by atoms with E-state index in [1.165, 1.54) is 11.1 Å². The maximum Gasteiger partial charge on any atom is 0.274 e. The molecular weight excluding hydrogens is 300 g/mol. The van der Waals surface area contributed by atoms with Gasteiger partial charge in [-0.3, -0.25) is 9.48 Å². The molecule has 0 radical (unpaired) electrons. The molecule has 0 atom stereocenters. The lowest BCUT2D eigenvalue weighted by molar-refractivity contribution is 0.0730. The summed E-state index contributed by atoms with van der Waals surface area (Å²) in [5, 5.41) is 4.59. The first-order valence-electron chi connectivity index (χ1n) is 8.71. The number of hydrogen-bond acceptors (Lipinski definition) is 3. The van der Waals surface area contributed by atoms with Crippen LogP contribution in [0.15, 0.2) is 30.3 Å². The predicted octanol–water partition coefficient (Wildman–Crippen LogP) is 1.96. The molecule has 1 aliphatic heterocycles. The summed E-state index contributed by atoms with van der Waals surface area (Å²) in [5.74, 6) is 0.0380. The van der Waals surface area contributed by atoms with Crippen molar-refractivity contribution in [3.63, 3.8) is 0 Å². The van der Waals surface area contributed by atoms with Crippen molar-refractivity contribution in [2.24, 2.45) is 0 Å². The third kappa shape index (κ3) is 2.73. The van der Waals surface area contributed by atoms with Crippen LogP contribution < -0.4 is 0 Å². The van der Waals surface area contributed by atoms with E-state index in [2.05, 4.69) is 41.3 Å². The van der Waals surface area contributed by atoms with Crippen molar-refractivity contribution in [1.82, 2.24) is 19.6 Å². The Bertz CT molecular complexity index is 741. The summed E-state index contributed by atoms with van der Waals surface area (Å²) in [6.45, 7) is 2.83. The lowest BCUT2D eigenvalue weighted by Gasteiger charge is -2.23. The lowest BCUT2D eigenvalue weighted by atomic mass is 10.1. The molecule has 5 nitrogen and oxygen atoms in total. The van der Waals surface area contributed by atoms with E-state index in [0.29, 0.717) is 5.69 Å². The molecule has 1 aromatic heterocycles. The first kappa shape index (κ1) is 15.4. The number of hydrogen-bond donors (Lipinski definition) is 0. The van der Waals surface area contributed by atoms with Gasteiger partial charge in [0.05, 0.1) is 5.69 Å². The Morgan fingerprint density at radius 3 is 2.62 bits per heavy atom. The Hall–Kier alpha value is -2.14. The second kappa shape index (κ2) is 6.06. The monoisotopic (exact) mass is 324 g/mol. The minimum Gasteiger partial charge on any atom is -0.337 e. The van der Waals surface area contributed by atoms with E-state index in [9.17, 15) is 4.79 Å². The van der Waals surface area contributed by atoms with Gasteiger partial charge in [0.2, 0.25) is 0 Å². The lowest BCUT2D eigenvalue weighted by Crippen LogP contribution is -2.37. The third-order valence-electron chi connectivity index (χ3n) is 5.32. The van der Waals surface area contributed by atoms with Crippen LogP contribution in [-0.2, 0) is 25.9 Å². The van der Waals surface area contributed by atoms with Crippen LogP contribution in [0, 0.1) is 0 Å². The van der Waals surface area contributed by atoms with Gasteiger partial charge in [0.25, 0.3) is 5.91 Å². The topological polar surface area (TPSA) is 41.4 Å². The normalized spacial score (nSPS) is 18.1. The summed E-state index contributed by atoms with van der Waals surface area (Å²) >= 11 is 0. The highest BCUT2D eigenvalue weighted by atomic mass is 16.2. The van der Waals surface area contributed by atoms with E-state index in [-0.39, 0.29) is 11.9 Å². The number of fused-ring (bicyclic) bond motifs is 2. The molecule has 1 amide bonds. The molecule has 0 fully saturated rings. The zero-order valence-corrected chi connectivity index (χ0v) is 14.4. The highest BCUT2D eigenvalue weighted by Gasteiger charge is 2.29. The van der Waals surface area contributed by atoms with Crippen LogP contribution in [0.5, 0.6) is 0 Å². The fourth-order valence-corrected chi connectivity index (χ4v) is 3.88. The summed E-state index contributed by atoms with van der Waals surface area (Å²) in [4.78, 5) is 17.1. The van der Waals surface area contributed by atoms with Crippen molar-refractivity contribution >= 4 is 5.91 Å². The predicted molar refractivity (Wildman–Crippen MR) is 92.9 cm³/mol. The van der Waals surface area contributed by atoms with Gasteiger partial charge < -0.3 is 9.80 Å². The molecule has 4 rings (SSSR count). The van der Waals surface area contributed by atoms with Gasteiger partial charge in [-0.25, -0.2) is 0 Å². The first-order chi connectivity index (χ1) is 11.6. The fraction of sp³-hybridized carbons (Fsp3) is 0.474. The van der Waals surface area contributed by atoms with E-state index < -0.39 is 0 Å². The number of benzene rings is 1. The Morgan fingerprint density at radius 1 is 1.21 bits per heavy atom. The summed E-state index contributed by atoms with van der Waals surface area (Å²) < 4.78 is 2.01. The molecule has 2 heterocycles. The standard InChI is InChI=1S/C19H24N4O/c1-21-8-5-9-23-17(13-21)12-18(20-23)19(24)22(2)16-10-14-6-3-4-7-15(14)11-16/h3-4,6-7,12,16H,5,8-11,13H2,1-2H3. The van der Waals surface area contributed by atoms with Crippen molar-refractivity contribution in [2.45, 2.75) is 38.4 Å². The van der Waals surface area contributed by atoms with Gasteiger partial charge in [0.15, 0.2) is 5.69 Å². The molecule has 126 valence electrons. The molecule has 0 saturated carbocycles. The molecule has 0 unspecified atom stereocenters. The highest BCUT2D eigenvalue weighted by molar-refractivity contribution is 5.92. The van der Waals surface area contributed by atoms with E-state index in [1.54, 1.807) is 0 Å². The SMILES string of the molecule is CN1CCCn2nc(C(=O)N(C)C3Cc4ccccc4C3)cc2C1. The largest absolute Gasteiger partial charge is 0.337 e. The zero-order chi connectivity index (χ0) is 16.7. The smallest absolute Gasteiger partial charge is 0.274 e. The van der Waals surface area contributed by atoms with Crippen LogP contribution in [0.2, 0.25) is 0 Å². The summed E-state index contributed by atoms with van der Waals surface area (Å²) in [5.41, 5.74) is 4.45. The van der Waals surface area contributed by atoms with E-state index in [0.717, 1.165) is 44.6 Å². The molecule has 1 aromatic carbocycles.